The summed E-state index contributed by atoms with van der Waals surface area (Å²) in [5.74, 6) is -0.265. The van der Waals surface area contributed by atoms with E-state index in [1.807, 2.05) is 6.92 Å². The Morgan fingerprint density at radius 3 is 2.46 bits per heavy atom. The number of benzene rings is 2. The molecule has 3 nitrogen and oxygen atoms in total. The first-order valence-electron chi connectivity index (χ1n) is 8.89. The van der Waals surface area contributed by atoms with Gasteiger partial charge in [0.05, 0.1) is 6.26 Å². The fourth-order valence-electron chi connectivity index (χ4n) is 4.11. The van der Waals surface area contributed by atoms with Gasteiger partial charge in [0.2, 0.25) is 0 Å². The van der Waals surface area contributed by atoms with Gasteiger partial charge in [-0.2, -0.15) is 0 Å². The SMILES string of the molecule is Cc1c2occ(-c3ccc(F)cc3)c2cc2c3c(c(=O)oc12)CCCC3. The maximum absolute atomic E-state index is 13.3. The second-order valence-corrected chi connectivity index (χ2v) is 6.96. The van der Waals surface area contributed by atoms with Gasteiger partial charge in [-0.3, -0.25) is 0 Å². The minimum absolute atomic E-state index is 0.222. The van der Waals surface area contributed by atoms with Gasteiger partial charge in [0.1, 0.15) is 17.0 Å². The van der Waals surface area contributed by atoms with Gasteiger partial charge in [-0.25, -0.2) is 9.18 Å². The Bertz CT molecular complexity index is 1210. The summed E-state index contributed by atoms with van der Waals surface area (Å²) in [6.07, 6.45) is 5.47. The Labute approximate surface area is 149 Å². The van der Waals surface area contributed by atoms with Crippen molar-refractivity contribution in [1.29, 1.82) is 0 Å². The third-order valence-electron chi connectivity index (χ3n) is 5.43. The molecule has 4 heteroatoms. The van der Waals surface area contributed by atoms with Crippen LogP contribution in [0.2, 0.25) is 0 Å². The van der Waals surface area contributed by atoms with E-state index in [-0.39, 0.29) is 11.4 Å². The van der Waals surface area contributed by atoms with Gasteiger partial charge in [0.15, 0.2) is 0 Å². The molecule has 0 radical (unpaired) electrons. The molecule has 4 aromatic rings. The van der Waals surface area contributed by atoms with Gasteiger partial charge in [0, 0.05) is 27.5 Å². The van der Waals surface area contributed by atoms with E-state index in [2.05, 4.69) is 6.07 Å². The molecule has 0 amide bonds. The molecule has 0 saturated carbocycles. The van der Waals surface area contributed by atoms with E-state index in [9.17, 15) is 9.18 Å². The Balaban J connectivity index is 1.87. The zero-order chi connectivity index (χ0) is 17.8. The Hall–Kier alpha value is -2.88. The molecule has 0 fully saturated rings. The van der Waals surface area contributed by atoms with E-state index >= 15 is 0 Å². The predicted octanol–water partition coefficient (Wildman–Crippen LogP) is 5.53. The number of halogens is 1. The molecular weight excluding hydrogens is 331 g/mol. The minimum Gasteiger partial charge on any atom is -0.463 e. The number of aryl methyl sites for hydroxylation is 2. The summed E-state index contributed by atoms with van der Waals surface area (Å²) >= 11 is 0. The molecule has 0 unspecified atom stereocenters. The molecule has 0 bridgehead atoms. The van der Waals surface area contributed by atoms with Crippen molar-refractivity contribution in [1.82, 2.24) is 0 Å². The molecule has 2 aromatic carbocycles. The number of fused-ring (bicyclic) bond motifs is 4. The van der Waals surface area contributed by atoms with E-state index < -0.39 is 0 Å². The van der Waals surface area contributed by atoms with E-state index in [0.717, 1.165) is 64.3 Å². The predicted molar refractivity (Wildman–Crippen MR) is 99.0 cm³/mol. The van der Waals surface area contributed by atoms with Crippen LogP contribution >= 0.6 is 0 Å². The van der Waals surface area contributed by atoms with Crippen molar-refractivity contribution in [2.45, 2.75) is 32.6 Å². The topological polar surface area (TPSA) is 43.4 Å². The minimum atomic E-state index is -0.265. The van der Waals surface area contributed by atoms with Crippen LogP contribution in [0.15, 0.2) is 50.2 Å². The second kappa shape index (κ2) is 5.56. The molecule has 0 N–H and O–H groups in total. The van der Waals surface area contributed by atoms with Crippen LogP contribution in [0.5, 0.6) is 0 Å². The standard InChI is InChI=1S/C22H17FO3/c1-12-20-18(19(11-25-20)13-6-8-14(23)9-7-13)10-17-15-4-2-3-5-16(15)22(24)26-21(12)17/h6-11H,2-5H2,1H3. The lowest BCUT2D eigenvalue weighted by Gasteiger charge is -2.17. The smallest absolute Gasteiger partial charge is 0.339 e. The number of hydrogen-bond donors (Lipinski definition) is 0. The molecule has 5 rings (SSSR count). The van der Waals surface area contributed by atoms with E-state index in [0.29, 0.717) is 11.2 Å². The van der Waals surface area contributed by atoms with Crippen LogP contribution in [0.25, 0.3) is 33.1 Å². The lowest BCUT2D eigenvalue weighted by molar-refractivity contribution is 0.530. The average molecular weight is 348 g/mol. The maximum Gasteiger partial charge on any atom is 0.339 e. The summed E-state index contributed by atoms with van der Waals surface area (Å²) in [7, 11) is 0. The van der Waals surface area contributed by atoms with Crippen LogP contribution in [-0.2, 0) is 12.8 Å². The van der Waals surface area contributed by atoms with Crippen LogP contribution in [0.4, 0.5) is 4.39 Å². The highest BCUT2D eigenvalue weighted by atomic mass is 19.1. The highest BCUT2D eigenvalue weighted by Gasteiger charge is 2.22. The van der Waals surface area contributed by atoms with Crippen molar-refractivity contribution in [2.75, 3.05) is 0 Å². The first kappa shape index (κ1) is 15.4. The molecule has 0 saturated heterocycles. The van der Waals surface area contributed by atoms with Crippen LogP contribution in [0.3, 0.4) is 0 Å². The Morgan fingerprint density at radius 2 is 1.69 bits per heavy atom. The van der Waals surface area contributed by atoms with Crippen LogP contribution in [0.1, 0.15) is 29.5 Å². The summed E-state index contributed by atoms with van der Waals surface area (Å²) < 4.78 is 24.7. The lowest BCUT2D eigenvalue weighted by atomic mass is 9.89. The molecule has 0 spiro atoms. The van der Waals surface area contributed by atoms with Crippen LogP contribution in [-0.4, -0.2) is 0 Å². The van der Waals surface area contributed by atoms with Crippen molar-refractivity contribution in [3.05, 3.63) is 69.5 Å². The zero-order valence-corrected chi connectivity index (χ0v) is 14.4. The fourth-order valence-corrected chi connectivity index (χ4v) is 4.11. The monoisotopic (exact) mass is 348 g/mol. The Morgan fingerprint density at radius 1 is 0.962 bits per heavy atom. The molecule has 0 atom stereocenters. The van der Waals surface area contributed by atoms with Crippen molar-refractivity contribution < 1.29 is 13.2 Å². The number of rotatable bonds is 1. The van der Waals surface area contributed by atoms with Crippen LogP contribution < -0.4 is 5.63 Å². The number of hydrogen-bond acceptors (Lipinski definition) is 3. The maximum atomic E-state index is 13.3. The van der Waals surface area contributed by atoms with Gasteiger partial charge in [-0.05, 0) is 61.9 Å². The molecule has 2 heterocycles. The quantitative estimate of drug-likeness (QED) is 0.425. The molecule has 1 aliphatic carbocycles. The number of furan rings is 1. The summed E-state index contributed by atoms with van der Waals surface area (Å²) in [5, 5.41) is 1.96. The molecule has 2 aromatic heterocycles. The first-order chi connectivity index (χ1) is 12.6. The normalized spacial score (nSPS) is 14.1. The third kappa shape index (κ3) is 2.15. The summed E-state index contributed by atoms with van der Waals surface area (Å²) in [5.41, 5.74) is 5.67. The van der Waals surface area contributed by atoms with Crippen molar-refractivity contribution in [2.24, 2.45) is 0 Å². The lowest BCUT2D eigenvalue weighted by Crippen LogP contribution is -2.16. The molecule has 1 aliphatic rings. The highest BCUT2D eigenvalue weighted by Crippen LogP contribution is 2.38. The Kier molecular flexibility index (Phi) is 3.29. The summed E-state index contributed by atoms with van der Waals surface area (Å²) in [4.78, 5) is 12.4. The average Bonchev–Trinajstić information content (AvgIpc) is 3.08. The van der Waals surface area contributed by atoms with Crippen molar-refractivity contribution in [3.63, 3.8) is 0 Å². The summed E-state index contributed by atoms with van der Waals surface area (Å²) in [6, 6.07) is 8.46. The zero-order valence-electron chi connectivity index (χ0n) is 14.4. The van der Waals surface area contributed by atoms with Gasteiger partial charge in [0.25, 0.3) is 0 Å². The third-order valence-corrected chi connectivity index (χ3v) is 5.43. The fraction of sp³-hybridized carbons (Fsp3) is 0.227. The summed E-state index contributed by atoms with van der Waals surface area (Å²) in [6.45, 7) is 1.92. The van der Waals surface area contributed by atoms with Gasteiger partial charge >= 0.3 is 5.63 Å². The van der Waals surface area contributed by atoms with Crippen LogP contribution in [0, 0.1) is 12.7 Å². The van der Waals surface area contributed by atoms with E-state index in [4.69, 9.17) is 8.83 Å². The molecule has 26 heavy (non-hydrogen) atoms. The molecule has 0 aliphatic heterocycles. The van der Waals surface area contributed by atoms with Gasteiger partial charge < -0.3 is 8.83 Å². The van der Waals surface area contributed by atoms with E-state index in [1.54, 1.807) is 18.4 Å². The van der Waals surface area contributed by atoms with Crippen molar-refractivity contribution >= 4 is 21.9 Å². The van der Waals surface area contributed by atoms with Crippen molar-refractivity contribution in [3.8, 4) is 11.1 Å². The second-order valence-electron chi connectivity index (χ2n) is 6.96. The first-order valence-corrected chi connectivity index (χ1v) is 8.89. The van der Waals surface area contributed by atoms with Gasteiger partial charge in [-0.1, -0.05) is 12.1 Å². The molecular formula is C22H17FO3. The van der Waals surface area contributed by atoms with E-state index in [1.165, 1.54) is 12.1 Å². The largest absolute Gasteiger partial charge is 0.463 e. The highest BCUT2D eigenvalue weighted by molar-refractivity contribution is 6.05. The van der Waals surface area contributed by atoms with Gasteiger partial charge in [-0.15, -0.1) is 0 Å². The molecule has 130 valence electrons.